The molecule has 1 aliphatic carbocycles. The van der Waals surface area contributed by atoms with Crippen LogP contribution in [0.5, 0.6) is 0 Å². The van der Waals surface area contributed by atoms with Gasteiger partial charge in [-0.2, -0.15) is 0 Å². The second-order valence-corrected chi connectivity index (χ2v) is 9.81. The highest BCUT2D eigenvalue weighted by atomic mass is 32.2. The number of likely N-dealkylation sites (tertiary alicyclic amines) is 1. The Morgan fingerprint density at radius 2 is 1.83 bits per heavy atom. The number of fused-ring (bicyclic) bond motifs is 4. The monoisotopic (exact) mass is 339 g/mol. The van der Waals surface area contributed by atoms with E-state index >= 15 is 0 Å². The second kappa shape index (κ2) is 5.17. The van der Waals surface area contributed by atoms with E-state index in [1.165, 1.54) is 27.8 Å². The number of rotatable bonds is 2. The first-order valence-corrected chi connectivity index (χ1v) is 10.5. The standard InChI is InChI=1S/C20H21NO2S/c22-24(23)8-7-16-12-21(13-20(16)24)11-14-5-6-19-17(9-14)10-15-3-1-2-4-18(15)19/h1-6,9,16,20H,7-8,10-13H2/t16-,20+/m0/s1. The summed E-state index contributed by atoms with van der Waals surface area (Å²) in [5.41, 5.74) is 6.84. The zero-order chi connectivity index (χ0) is 16.3. The van der Waals surface area contributed by atoms with E-state index in [2.05, 4.69) is 47.4 Å². The molecule has 24 heavy (non-hydrogen) atoms. The lowest BCUT2D eigenvalue weighted by Crippen LogP contribution is -2.26. The molecule has 0 aromatic heterocycles. The van der Waals surface area contributed by atoms with Gasteiger partial charge in [0.15, 0.2) is 9.84 Å². The Hall–Kier alpha value is -1.65. The van der Waals surface area contributed by atoms with Crippen LogP contribution in [0.15, 0.2) is 42.5 Å². The van der Waals surface area contributed by atoms with Gasteiger partial charge < -0.3 is 0 Å². The Balaban J connectivity index is 1.36. The van der Waals surface area contributed by atoms with Crippen molar-refractivity contribution in [2.75, 3.05) is 18.8 Å². The molecular weight excluding hydrogens is 318 g/mol. The average Bonchev–Trinajstić information content (AvgIpc) is 3.20. The van der Waals surface area contributed by atoms with E-state index in [0.29, 0.717) is 18.2 Å². The molecule has 2 atom stereocenters. The summed E-state index contributed by atoms with van der Waals surface area (Å²) in [6, 6.07) is 15.4. The van der Waals surface area contributed by atoms with Gasteiger partial charge in [-0.25, -0.2) is 8.42 Å². The second-order valence-electron chi connectivity index (χ2n) is 7.47. The molecule has 3 aliphatic rings. The number of benzene rings is 2. The molecule has 2 aromatic carbocycles. The lowest BCUT2D eigenvalue weighted by molar-refractivity contribution is 0.314. The molecule has 0 N–H and O–H groups in total. The molecular formula is C20H21NO2S. The van der Waals surface area contributed by atoms with Gasteiger partial charge in [-0.1, -0.05) is 42.5 Å². The van der Waals surface area contributed by atoms with Gasteiger partial charge in [-0.05, 0) is 46.6 Å². The van der Waals surface area contributed by atoms with Crippen molar-refractivity contribution in [3.8, 4) is 11.1 Å². The fourth-order valence-electron chi connectivity index (χ4n) is 4.76. The summed E-state index contributed by atoms with van der Waals surface area (Å²) in [7, 11) is -2.84. The van der Waals surface area contributed by atoms with Crippen LogP contribution >= 0.6 is 0 Å². The molecule has 2 fully saturated rings. The highest BCUT2D eigenvalue weighted by molar-refractivity contribution is 7.92. The van der Waals surface area contributed by atoms with E-state index in [4.69, 9.17) is 0 Å². The van der Waals surface area contributed by atoms with Gasteiger partial charge in [0.2, 0.25) is 0 Å². The van der Waals surface area contributed by atoms with Crippen molar-refractivity contribution >= 4 is 9.84 Å². The van der Waals surface area contributed by atoms with E-state index in [0.717, 1.165) is 25.9 Å². The molecule has 0 saturated carbocycles. The lowest BCUT2D eigenvalue weighted by Gasteiger charge is -2.17. The molecule has 3 nitrogen and oxygen atoms in total. The van der Waals surface area contributed by atoms with Crippen molar-refractivity contribution in [2.24, 2.45) is 5.92 Å². The van der Waals surface area contributed by atoms with Crippen LogP contribution in [0, 0.1) is 5.92 Å². The lowest BCUT2D eigenvalue weighted by atomic mass is 10.0. The van der Waals surface area contributed by atoms with Gasteiger partial charge in [0, 0.05) is 19.6 Å². The Bertz CT molecular complexity index is 919. The molecule has 124 valence electrons. The third kappa shape index (κ3) is 2.24. The molecule has 0 radical (unpaired) electrons. The van der Waals surface area contributed by atoms with Crippen LogP contribution in [-0.4, -0.2) is 37.4 Å². The van der Waals surface area contributed by atoms with Crippen LogP contribution in [0.3, 0.4) is 0 Å². The normalized spacial score (nSPS) is 27.0. The van der Waals surface area contributed by atoms with Crippen LogP contribution in [-0.2, 0) is 22.8 Å². The quantitative estimate of drug-likeness (QED) is 0.720. The molecule has 2 heterocycles. The third-order valence-corrected chi connectivity index (χ3v) is 8.22. The maximum atomic E-state index is 12.1. The number of sulfone groups is 1. The minimum absolute atomic E-state index is 0.115. The fraction of sp³-hybridized carbons (Fsp3) is 0.400. The third-order valence-electron chi connectivity index (χ3n) is 5.96. The van der Waals surface area contributed by atoms with E-state index in [9.17, 15) is 8.42 Å². The zero-order valence-electron chi connectivity index (χ0n) is 13.6. The predicted molar refractivity (Wildman–Crippen MR) is 95.6 cm³/mol. The van der Waals surface area contributed by atoms with E-state index < -0.39 is 9.84 Å². The number of hydrogen-bond donors (Lipinski definition) is 0. The summed E-state index contributed by atoms with van der Waals surface area (Å²) >= 11 is 0. The van der Waals surface area contributed by atoms with Crippen LogP contribution in [0.1, 0.15) is 23.1 Å². The van der Waals surface area contributed by atoms with Gasteiger partial charge >= 0.3 is 0 Å². The molecule has 4 heteroatoms. The molecule has 0 unspecified atom stereocenters. The van der Waals surface area contributed by atoms with Crippen molar-refractivity contribution in [1.82, 2.24) is 4.90 Å². The van der Waals surface area contributed by atoms with Gasteiger partial charge in [0.25, 0.3) is 0 Å². The van der Waals surface area contributed by atoms with Gasteiger partial charge in [0.1, 0.15) is 0 Å². The number of hydrogen-bond acceptors (Lipinski definition) is 3. The summed E-state index contributed by atoms with van der Waals surface area (Å²) in [6.07, 6.45) is 1.86. The topological polar surface area (TPSA) is 37.4 Å². The van der Waals surface area contributed by atoms with Crippen LogP contribution in [0.4, 0.5) is 0 Å². The molecule has 0 bridgehead atoms. The fourth-order valence-corrected chi connectivity index (χ4v) is 6.94. The van der Waals surface area contributed by atoms with Crippen LogP contribution in [0.25, 0.3) is 11.1 Å². The van der Waals surface area contributed by atoms with Crippen molar-refractivity contribution in [3.05, 3.63) is 59.2 Å². The summed E-state index contributed by atoms with van der Waals surface area (Å²) in [5, 5.41) is -0.115. The maximum absolute atomic E-state index is 12.1. The van der Waals surface area contributed by atoms with Gasteiger partial charge in [-0.3, -0.25) is 4.90 Å². The molecule has 0 spiro atoms. The average molecular weight is 339 g/mol. The zero-order valence-corrected chi connectivity index (χ0v) is 14.4. The Labute approximate surface area is 143 Å². The molecule has 5 rings (SSSR count). The van der Waals surface area contributed by atoms with Crippen molar-refractivity contribution in [2.45, 2.75) is 24.6 Å². The summed E-state index contributed by atoms with van der Waals surface area (Å²) < 4.78 is 24.2. The summed E-state index contributed by atoms with van der Waals surface area (Å²) in [4.78, 5) is 2.33. The Morgan fingerprint density at radius 3 is 2.71 bits per heavy atom. The first-order valence-electron chi connectivity index (χ1n) is 8.74. The first-order chi connectivity index (χ1) is 11.6. The Morgan fingerprint density at radius 1 is 1.00 bits per heavy atom. The molecule has 2 aromatic rings. The first kappa shape index (κ1) is 14.7. The maximum Gasteiger partial charge on any atom is 0.154 e. The SMILES string of the molecule is O=S1(=O)CC[C@H]2CN(Cc3ccc4c(c3)Cc3ccccc3-4)C[C@H]21. The molecule has 2 saturated heterocycles. The van der Waals surface area contributed by atoms with Crippen molar-refractivity contribution in [1.29, 1.82) is 0 Å². The smallest absolute Gasteiger partial charge is 0.154 e. The predicted octanol–water partition coefficient (Wildman–Crippen LogP) is 2.88. The van der Waals surface area contributed by atoms with Crippen molar-refractivity contribution < 1.29 is 8.42 Å². The van der Waals surface area contributed by atoms with Crippen LogP contribution < -0.4 is 0 Å². The van der Waals surface area contributed by atoms with E-state index in [-0.39, 0.29) is 5.25 Å². The van der Waals surface area contributed by atoms with E-state index in [1.807, 2.05) is 0 Å². The summed E-state index contributed by atoms with van der Waals surface area (Å²) in [6.45, 7) is 2.51. The minimum Gasteiger partial charge on any atom is -0.297 e. The highest BCUT2D eigenvalue weighted by Gasteiger charge is 2.45. The van der Waals surface area contributed by atoms with Gasteiger partial charge in [-0.15, -0.1) is 0 Å². The van der Waals surface area contributed by atoms with E-state index in [1.54, 1.807) is 0 Å². The highest BCUT2D eigenvalue weighted by Crippen LogP contribution is 2.38. The largest absolute Gasteiger partial charge is 0.297 e. The minimum atomic E-state index is -2.84. The molecule has 2 aliphatic heterocycles. The van der Waals surface area contributed by atoms with Crippen molar-refractivity contribution in [3.63, 3.8) is 0 Å². The number of nitrogens with zero attached hydrogens (tertiary/aromatic N) is 1. The Kier molecular flexibility index (Phi) is 3.16. The van der Waals surface area contributed by atoms with Crippen LogP contribution in [0.2, 0.25) is 0 Å². The van der Waals surface area contributed by atoms with Gasteiger partial charge in [0.05, 0.1) is 11.0 Å². The molecule has 0 amide bonds. The summed E-state index contributed by atoms with van der Waals surface area (Å²) in [5.74, 6) is 0.751.